The molecule has 0 radical (unpaired) electrons. The van der Waals surface area contributed by atoms with Crippen molar-refractivity contribution in [2.24, 2.45) is 5.73 Å². The Labute approximate surface area is 126 Å². The molecule has 0 atom stereocenters. The number of nitrogens with one attached hydrogen (secondary N) is 2. The van der Waals surface area contributed by atoms with Crippen LogP contribution in [-0.2, 0) is 0 Å². The SMILES string of the molecule is NC(=O)c1cnc(N[C@H]2CC[C@H](NC(=O)O)CC2)c(Cl)c1. The number of hydrogen-bond donors (Lipinski definition) is 4. The van der Waals surface area contributed by atoms with Crippen LogP contribution in [0.3, 0.4) is 0 Å². The molecule has 114 valence electrons. The standard InChI is InChI=1S/C13H17ClN4O3/c14-10-5-7(11(15)19)6-16-12(10)17-8-1-3-9(4-2-8)18-13(20)21/h5-6,8-9,18H,1-4H2,(H2,15,19)(H,16,17)(H,20,21)/t8-,9-. The minimum atomic E-state index is -0.988. The maximum atomic E-state index is 11.0. The van der Waals surface area contributed by atoms with Crippen LogP contribution in [0.4, 0.5) is 10.6 Å². The Morgan fingerprint density at radius 1 is 1.29 bits per heavy atom. The maximum Gasteiger partial charge on any atom is 0.404 e. The lowest BCUT2D eigenvalue weighted by Gasteiger charge is -2.29. The van der Waals surface area contributed by atoms with Crippen LogP contribution in [-0.4, -0.2) is 34.2 Å². The third-order valence-electron chi connectivity index (χ3n) is 3.52. The molecular weight excluding hydrogens is 296 g/mol. The van der Waals surface area contributed by atoms with Gasteiger partial charge in [0.2, 0.25) is 5.91 Å². The number of primary amides is 1. The monoisotopic (exact) mass is 312 g/mol. The van der Waals surface area contributed by atoms with Gasteiger partial charge >= 0.3 is 6.09 Å². The van der Waals surface area contributed by atoms with Crippen LogP contribution in [0.25, 0.3) is 0 Å². The number of amides is 2. The van der Waals surface area contributed by atoms with Crippen molar-refractivity contribution in [1.29, 1.82) is 0 Å². The molecule has 0 unspecified atom stereocenters. The highest BCUT2D eigenvalue weighted by Crippen LogP contribution is 2.25. The van der Waals surface area contributed by atoms with Gasteiger partial charge in [0.25, 0.3) is 0 Å². The van der Waals surface area contributed by atoms with Crippen LogP contribution < -0.4 is 16.4 Å². The van der Waals surface area contributed by atoms with E-state index in [1.54, 1.807) is 0 Å². The lowest BCUT2D eigenvalue weighted by atomic mass is 9.91. The fourth-order valence-corrected chi connectivity index (χ4v) is 2.65. The van der Waals surface area contributed by atoms with E-state index < -0.39 is 12.0 Å². The van der Waals surface area contributed by atoms with E-state index in [0.29, 0.717) is 10.8 Å². The number of nitrogens with zero attached hydrogens (tertiary/aromatic N) is 1. The summed E-state index contributed by atoms with van der Waals surface area (Å²) < 4.78 is 0. The summed E-state index contributed by atoms with van der Waals surface area (Å²) in [5, 5.41) is 14.7. The van der Waals surface area contributed by atoms with Gasteiger partial charge in [0.15, 0.2) is 0 Å². The zero-order valence-electron chi connectivity index (χ0n) is 11.3. The van der Waals surface area contributed by atoms with Gasteiger partial charge in [0.05, 0.1) is 10.6 Å². The predicted molar refractivity (Wildman–Crippen MR) is 78.6 cm³/mol. The van der Waals surface area contributed by atoms with E-state index in [4.69, 9.17) is 22.4 Å². The molecule has 1 aliphatic carbocycles. The number of carbonyl (C=O) groups is 2. The number of carboxylic acid groups (broad SMARTS) is 1. The Balaban J connectivity index is 1.91. The van der Waals surface area contributed by atoms with Crippen LogP contribution in [0.5, 0.6) is 0 Å². The zero-order valence-corrected chi connectivity index (χ0v) is 12.1. The summed E-state index contributed by atoms with van der Waals surface area (Å²) in [7, 11) is 0. The van der Waals surface area contributed by atoms with Crippen LogP contribution in [0.2, 0.25) is 5.02 Å². The van der Waals surface area contributed by atoms with Crippen LogP contribution in [0.15, 0.2) is 12.3 Å². The second-order valence-electron chi connectivity index (χ2n) is 5.06. The minimum Gasteiger partial charge on any atom is -0.465 e. The van der Waals surface area contributed by atoms with Gasteiger partial charge in [0, 0.05) is 18.3 Å². The first kappa shape index (κ1) is 15.4. The molecule has 1 heterocycles. The van der Waals surface area contributed by atoms with Gasteiger partial charge < -0.3 is 21.5 Å². The number of halogens is 1. The fraction of sp³-hybridized carbons (Fsp3) is 0.462. The van der Waals surface area contributed by atoms with E-state index in [1.165, 1.54) is 12.3 Å². The Kier molecular flexibility index (Phi) is 4.85. The molecule has 0 aliphatic heterocycles. The van der Waals surface area contributed by atoms with E-state index in [0.717, 1.165) is 25.7 Å². The normalized spacial score (nSPS) is 21.6. The van der Waals surface area contributed by atoms with Crippen molar-refractivity contribution in [2.45, 2.75) is 37.8 Å². The lowest BCUT2D eigenvalue weighted by Crippen LogP contribution is -2.39. The van der Waals surface area contributed by atoms with E-state index in [1.807, 2.05) is 0 Å². The van der Waals surface area contributed by atoms with Crippen LogP contribution >= 0.6 is 11.6 Å². The summed E-state index contributed by atoms with van der Waals surface area (Å²) >= 11 is 6.07. The van der Waals surface area contributed by atoms with Crippen molar-refractivity contribution >= 4 is 29.4 Å². The smallest absolute Gasteiger partial charge is 0.404 e. The number of rotatable bonds is 4. The molecule has 1 aliphatic rings. The van der Waals surface area contributed by atoms with Crippen molar-refractivity contribution in [1.82, 2.24) is 10.3 Å². The molecule has 2 rings (SSSR count). The second kappa shape index (κ2) is 6.62. The average molecular weight is 313 g/mol. The molecule has 8 heteroatoms. The highest BCUT2D eigenvalue weighted by atomic mass is 35.5. The lowest BCUT2D eigenvalue weighted by molar-refractivity contribution is 0.1000. The predicted octanol–water partition coefficient (Wildman–Crippen LogP) is 1.82. The summed E-state index contributed by atoms with van der Waals surface area (Å²) in [6.07, 6.45) is 3.56. The second-order valence-corrected chi connectivity index (χ2v) is 5.47. The third kappa shape index (κ3) is 4.22. The molecule has 0 spiro atoms. The van der Waals surface area contributed by atoms with E-state index in [-0.39, 0.29) is 17.6 Å². The summed E-state index contributed by atoms with van der Waals surface area (Å²) in [5.74, 6) is -0.0625. The molecule has 0 bridgehead atoms. The molecule has 21 heavy (non-hydrogen) atoms. The van der Waals surface area contributed by atoms with Crippen molar-refractivity contribution in [3.05, 3.63) is 22.8 Å². The molecule has 0 saturated heterocycles. The summed E-state index contributed by atoms with van der Waals surface area (Å²) in [4.78, 5) is 25.7. The quantitative estimate of drug-likeness (QED) is 0.676. The highest BCUT2D eigenvalue weighted by Gasteiger charge is 2.23. The van der Waals surface area contributed by atoms with E-state index in [9.17, 15) is 9.59 Å². The van der Waals surface area contributed by atoms with Gasteiger partial charge in [-0.2, -0.15) is 0 Å². The summed E-state index contributed by atoms with van der Waals surface area (Å²) in [6.45, 7) is 0. The van der Waals surface area contributed by atoms with Crippen molar-refractivity contribution in [3.8, 4) is 0 Å². The van der Waals surface area contributed by atoms with Gasteiger partial charge in [-0.15, -0.1) is 0 Å². The topological polar surface area (TPSA) is 117 Å². The molecule has 1 aromatic rings. The summed E-state index contributed by atoms with van der Waals surface area (Å²) in [5.41, 5.74) is 5.42. The number of anilines is 1. The molecular formula is C13H17ClN4O3. The zero-order chi connectivity index (χ0) is 15.4. The van der Waals surface area contributed by atoms with E-state index in [2.05, 4.69) is 15.6 Å². The van der Waals surface area contributed by atoms with Gasteiger partial charge in [-0.25, -0.2) is 9.78 Å². The molecule has 1 aromatic heterocycles. The number of aromatic nitrogens is 1. The first-order chi connectivity index (χ1) is 9.95. The minimum absolute atomic E-state index is 0.00113. The van der Waals surface area contributed by atoms with Crippen molar-refractivity contribution < 1.29 is 14.7 Å². The molecule has 5 N–H and O–H groups in total. The molecule has 1 fully saturated rings. The maximum absolute atomic E-state index is 11.0. The van der Waals surface area contributed by atoms with Crippen LogP contribution in [0.1, 0.15) is 36.0 Å². The van der Waals surface area contributed by atoms with Gasteiger partial charge in [-0.05, 0) is 31.7 Å². The molecule has 0 aromatic carbocycles. The van der Waals surface area contributed by atoms with Crippen molar-refractivity contribution in [3.63, 3.8) is 0 Å². The van der Waals surface area contributed by atoms with E-state index >= 15 is 0 Å². The first-order valence-electron chi connectivity index (χ1n) is 6.67. The number of pyridine rings is 1. The van der Waals surface area contributed by atoms with Crippen molar-refractivity contribution in [2.75, 3.05) is 5.32 Å². The van der Waals surface area contributed by atoms with Crippen LogP contribution in [0, 0.1) is 0 Å². The Morgan fingerprint density at radius 3 is 2.43 bits per heavy atom. The fourth-order valence-electron chi connectivity index (χ4n) is 2.43. The first-order valence-corrected chi connectivity index (χ1v) is 7.05. The number of hydrogen-bond acceptors (Lipinski definition) is 4. The summed E-state index contributed by atoms with van der Waals surface area (Å²) in [6, 6.07) is 1.67. The number of nitrogens with two attached hydrogens (primary N) is 1. The highest BCUT2D eigenvalue weighted by molar-refractivity contribution is 6.33. The van der Waals surface area contributed by atoms with Gasteiger partial charge in [0.1, 0.15) is 5.82 Å². The average Bonchev–Trinajstić information content (AvgIpc) is 2.42. The molecule has 1 saturated carbocycles. The Hall–Kier alpha value is -2.02. The molecule has 7 nitrogen and oxygen atoms in total. The number of carbonyl (C=O) groups excluding carboxylic acids is 1. The van der Waals surface area contributed by atoms with Gasteiger partial charge in [-0.1, -0.05) is 11.6 Å². The largest absolute Gasteiger partial charge is 0.465 e. The Morgan fingerprint density at radius 2 is 1.90 bits per heavy atom. The molecule has 2 amide bonds. The third-order valence-corrected chi connectivity index (χ3v) is 3.81. The Bertz CT molecular complexity index is 544. The van der Waals surface area contributed by atoms with Gasteiger partial charge in [-0.3, -0.25) is 4.79 Å².